The molecule has 2 aromatic carbocycles. The third-order valence-electron chi connectivity index (χ3n) is 5.37. The zero-order valence-corrected chi connectivity index (χ0v) is 16.8. The summed E-state index contributed by atoms with van der Waals surface area (Å²) in [6.45, 7) is 1.39. The molecule has 1 unspecified atom stereocenters. The van der Waals surface area contributed by atoms with Gasteiger partial charge in [0.05, 0.1) is 25.3 Å². The Kier molecular flexibility index (Phi) is 6.59. The van der Waals surface area contributed by atoms with Crippen LogP contribution >= 0.6 is 0 Å². The first kappa shape index (κ1) is 20.3. The van der Waals surface area contributed by atoms with Crippen molar-refractivity contribution in [2.24, 2.45) is 0 Å². The van der Waals surface area contributed by atoms with Crippen LogP contribution in [0.5, 0.6) is 0 Å². The number of ether oxygens (including phenoxy) is 1. The van der Waals surface area contributed by atoms with Crippen molar-refractivity contribution < 1.29 is 14.9 Å². The molecule has 3 aromatic rings. The largest absolute Gasteiger partial charge is 0.394 e. The molecule has 2 heterocycles. The molecule has 156 valence electrons. The van der Waals surface area contributed by atoms with Crippen molar-refractivity contribution >= 4 is 11.8 Å². The van der Waals surface area contributed by atoms with E-state index in [1.165, 1.54) is 0 Å². The average Bonchev–Trinajstić information content (AvgIpc) is 3.47. The summed E-state index contributed by atoms with van der Waals surface area (Å²) < 4.78 is 7.19. The molecule has 1 aliphatic heterocycles. The van der Waals surface area contributed by atoms with Crippen molar-refractivity contribution in [1.82, 2.24) is 9.55 Å². The molecule has 30 heavy (non-hydrogen) atoms. The van der Waals surface area contributed by atoms with E-state index < -0.39 is 0 Å². The number of hydrogen-bond donors (Lipinski definition) is 3. The van der Waals surface area contributed by atoms with Crippen LogP contribution in [0.15, 0.2) is 67.0 Å². The molecule has 0 bridgehead atoms. The number of anilines is 1. The molecule has 1 aromatic heterocycles. The van der Waals surface area contributed by atoms with Crippen LogP contribution in [0.1, 0.15) is 23.9 Å². The quantitative estimate of drug-likeness (QED) is 0.535. The Labute approximate surface area is 176 Å². The van der Waals surface area contributed by atoms with Gasteiger partial charge < -0.3 is 24.8 Å². The fraction of sp³-hybridized carbons (Fsp3) is 0.292. The normalized spacial score (nSPS) is 17.5. The van der Waals surface area contributed by atoms with Crippen molar-refractivity contribution in [3.63, 3.8) is 0 Å². The first-order chi connectivity index (χ1) is 14.8. The first-order valence-electron chi connectivity index (χ1n) is 10.2. The third-order valence-corrected chi connectivity index (χ3v) is 5.37. The number of imidazole rings is 1. The second-order valence-electron chi connectivity index (χ2n) is 7.42. The fourth-order valence-electron chi connectivity index (χ4n) is 3.66. The molecule has 0 saturated carbocycles. The minimum absolute atomic E-state index is 0.0642. The van der Waals surface area contributed by atoms with Gasteiger partial charge in [-0.05, 0) is 35.2 Å². The third kappa shape index (κ3) is 4.79. The number of benzene rings is 2. The summed E-state index contributed by atoms with van der Waals surface area (Å²) in [6, 6.07) is 16.9. The number of aromatic nitrogens is 2. The lowest BCUT2D eigenvalue weighted by atomic mass is 10.0. The van der Waals surface area contributed by atoms with E-state index in [4.69, 9.17) is 4.74 Å². The van der Waals surface area contributed by atoms with Crippen LogP contribution in [0.25, 0.3) is 17.2 Å². The van der Waals surface area contributed by atoms with Crippen LogP contribution < -0.4 is 5.32 Å². The molecule has 1 fully saturated rings. The highest BCUT2D eigenvalue weighted by Crippen LogP contribution is 2.24. The Hall–Kier alpha value is -2.93. The standard InChI is InChI=1S/C24H27N3O3/c28-15-23(27-13-12-25-24(27)16-29)10-3-18-1-4-19(5-2-18)20-6-8-21(9-7-20)26-22-11-14-30-17-22/h1-10,12-13,22-23,26,28-29H,11,14-17H2/b10-3+/t22-,23?/m0/s1. The smallest absolute Gasteiger partial charge is 0.135 e. The zero-order chi connectivity index (χ0) is 20.8. The van der Waals surface area contributed by atoms with Crippen molar-refractivity contribution in [3.05, 3.63) is 78.4 Å². The molecule has 0 radical (unpaired) electrons. The molecule has 6 nitrogen and oxygen atoms in total. The molecular formula is C24H27N3O3. The summed E-state index contributed by atoms with van der Waals surface area (Å²) in [5.74, 6) is 0.535. The van der Waals surface area contributed by atoms with E-state index in [1.807, 2.05) is 12.2 Å². The highest BCUT2D eigenvalue weighted by molar-refractivity contribution is 5.68. The van der Waals surface area contributed by atoms with Crippen molar-refractivity contribution in [1.29, 1.82) is 0 Å². The molecule has 2 atom stereocenters. The van der Waals surface area contributed by atoms with Crippen molar-refractivity contribution in [3.8, 4) is 11.1 Å². The van der Waals surface area contributed by atoms with E-state index in [9.17, 15) is 10.2 Å². The van der Waals surface area contributed by atoms with Gasteiger partial charge in [0, 0.05) is 24.7 Å². The predicted molar refractivity (Wildman–Crippen MR) is 118 cm³/mol. The Bertz CT molecular complexity index is 958. The van der Waals surface area contributed by atoms with Gasteiger partial charge in [0.2, 0.25) is 0 Å². The average molecular weight is 405 g/mol. The maximum atomic E-state index is 9.71. The van der Waals surface area contributed by atoms with Gasteiger partial charge in [0.1, 0.15) is 12.4 Å². The predicted octanol–water partition coefficient (Wildman–Crippen LogP) is 3.49. The number of nitrogens with one attached hydrogen (secondary N) is 1. The molecule has 1 aliphatic rings. The van der Waals surface area contributed by atoms with E-state index in [2.05, 4.69) is 58.8 Å². The van der Waals surface area contributed by atoms with Gasteiger partial charge in [-0.2, -0.15) is 0 Å². The van der Waals surface area contributed by atoms with Crippen LogP contribution in [0, 0.1) is 0 Å². The minimum Gasteiger partial charge on any atom is -0.394 e. The summed E-state index contributed by atoms with van der Waals surface area (Å²) in [4.78, 5) is 4.10. The lowest BCUT2D eigenvalue weighted by Crippen LogP contribution is -2.18. The van der Waals surface area contributed by atoms with Gasteiger partial charge in [-0.3, -0.25) is 0 Å². The lowest BCUT2D eigenvalue weighted by molar-refractivity contribution is 0.195. The van der Waals surface area contributed by atoms with Gasteiger partial charge in [-0.15, -0.1) is 0 Å². The summed E-state index contributed by atoms with van der Waals surface area (Å²) in [7, 11) is 0. The van der Waals surface area contributed by atoms with E-state index in [1.54, 1.807) is 17.0 Å². The molecule has 3 N–H and O–H groups in total. The van der Waals surface area contributed by atoms with E-state index in [0.29, 0.717) is 11.9 Å². The van der Waals surface area contributed by atoms with Gasteiger partial charge in [0.25, 0.3) is 0 Å². The summed E-state index contributed by atoms with van der Waals surface area (Å²) in [5.41, 5.74) is 4.48. The maximum absolute atomic E-state index is 9.71. The maximum Gasteiger partial charge on any atom is 0.135 e. The van der Waals surface area contributed by atoms with Crippen LogP contribution in [-0.2, 0) is 11.3 Å². The van der Waals surface area contributed by atoms with Gasteiger partial charge in [-0.1, -0.05) is 48.6 Å². The second-order valence-corrected chi connectivity index (χ2v) is 7.42. The van der Waals surface area contributed by atoms with Crippen LogP contribution in [0.2, 0.25) is 0 Å². The highest BCUT2D eigenvalue weighted by atomic mass is 16.5. The van der Waals surface area contributed by atoms with E-state index in [0.717, 1.165) is 42.0 Å². The van der Waals surface area contributed by atoms with Crippen LogP contribution in [0.4, 0.5) is 5.69 Å². The Morgan fingerprint density at radius 2 is 1.83 bits per heavy atom. The second kappa shape index (κ2) is 9.71. The molecule has 1 saturated heterocycles. The Morgan fingerprint density at radius 3 is 2.47 bits per heavy atom. The van der Waals surface area contributed by atoms with Crippen LogP contribution in [-0.4, -0.2) is 45.6 Å². The summed E-state index contributed by atoms with van der Waals surface area (Å²) in [5, 5.41) is 22.6. The van der Waals surface area contributed by atoms with Crippen molar-refractivity contribution in [2.45, 2.75) is 25.1 Å². The van der Waals surface area contributed by atoms with Crippen molar-refractivity contribution in [2.75, 3.05) is 25.1 Å². The number of hydrogen-bond acceptors (Lipinski definition) is 5. The number of aliphatic hydroxyl groups is 2. The molecule has 6 heteroatoms. The zero-order valence-electron chi connectivity index (χ0n) is 16.8. The topological polar surface area (TPSA) is 79.5 Å². The number of aliphatic hydroxyl groups excluding tert-OH is 2. The van der Waals surface area contributed by atoms with Crippen LogP contribution in [0.3, 0.4) is 0 Å². The van der Waals surface area contributed by atoms with E-state index in [-0.39, 0.29) is 19.3 Å². The molecule has 0 aliphatic carbocycles. The number of nitrogens with zero attached hydrogens (tertiary/aromatic N) is 2. The van der Waals surface area contributed by atoms with E-state index >= 15 is 0 Å². The Morgan fingerprint density at radius 1 is 1.10 bits per heavy atom. The lowest BCUT2D eigenvalue weighted by Gasteiger charge is -2.14. The summed E-state index contributed by atoms with van der Waals surface area (Å²) in [6.07, 6.45) is 8.33. The van der Waals surface area contributed by atoms with Gasteiger partial charge in [0.15, 0.2) is 0 Å². The molecular weight excluding hydrogens is 378 g/mol. The SMILES string of the molecule is OCc1nccn1C(/C=C/c1ccc(-c2ccc(N[C@H]3CCOC3)cc2)cc1)CO. The first-order valence-corrected chi connectivity index (χ1v) is 10.2. The summed E-state index contributed by atoms with van der Waals surface area (Å²) >= 11 is 0. The molecule has 0 amide bonds. The minimum atomic E-state index is -0.264. The molecule has 0 spiro atoms. The highest BCUT2D eigenvalue weighted by Gasteiger charge is 2.14. The fourth-order valence-corrected chi connectivity index (χ4v) is 3.66. The number of rotatable bonds is 8. The van der Waals surface area contributed by atoms with Gasteiger partial charge in [-0.25, -0.2) is 4.98 Å². The monoisotopic (exact) mass is 405 g/mol. The molecule has 4 rings (SSSR count). The van der Waals surface area contributed by atoms with Gasteiger partial charge >= 0.3 is 0 Å². The Balaban J connectivity index is 1.41.